The number of alkyl halides is 1. The van der Waals surface area contributed by atoms with Crippen LogP contribution in [-0.2, 0) is 8.23 Å². The molecule has 1 aromatic carbocycles. The van der Waals surface area contributed by atoms with Crippen molar-refractivity contribution in [1.29, 1.82) is 0 Å². The second-order valence-electron chi connectivity index (χ2n) is 14.3. The maximum absolute atomic E-state index is 6.64. The molecule has 0 bridgehead atoms. The SMILES string of the molecule is C[Si](C)(C)O[Si](C)(C)O[Si](C)(C)CCCCCCCCCCCOc1ccc(-c2ccc(OCCCCCCCCl)nn2)cc1. The first-order valence-electron chi connectivity index (χ1n) is 17.6. The van der Waals surface area contributed by atoms with Gasteiger partial charge in [-0.2, -0.15) is 0 Å². The number of hydrogen-bond donors (Lipinski definition) is 0. The fourth-order valence-corrected chi connectivity index (χ4v) is 19.2. The third kappa shape index (κ3) is 19.9. The van der Waals surface area contributed by atoms with Crippen LogP contribution in [0.4, 0.5) is 0 Å². The predicted octanol–water partition coefficient (Wildman–Crippen LogP) is 11.4. The predicted molar refractivity (Wildman–Crippen MR) is 199 cm³/mol. The Balaban J connectivity index is 1.48. The third-order valence-corrected chi connectivity index (χ3v) is 18.0. The highest BCUT2D eigenvalue weighted by Gasteiger charge is 2.37. The molecule has 0 N–H and O–H groups in total. The molecule has 0 spiro atoms. The van der Waals surface area contributed by atoms with Crippen molar-refractivity contribution in [2.24, 2.45) is 0 Å². The van der Waals surface area contributed by atoms with Gasteiger partial charge in [-0.3, -0.25) is 0 Å². The molecule has 0 radical (unpaired) electrons. The third-order valence-electron chi connectivity index (χ3n) is 7.58. The van der Waals surface area contributed by atoms with Gasteiger partial charge in [0.2, 0.25) is 5.88 Å². The number of halogens is 1. The monoisotopic (exact) mass is 694 g/mol. The van der Waals surface area contributed by atoms with Crippen LogP contribution >= 0.6 is 11.6 Å². The fraction of sp³-hybridized carbons (Fsp3) is 0.714. The molecule has 45 heavy (non-hydrogen) atoms. The van der Waals surface area contributed by atoms with E-state index < -0.39 is 25.2 Å². The van der Waals surface area contributed by atoms with Crippen molar-refractivity contribution < 1.29 is 17.7 Å². The van der Waals surface area contributed by atoms with Crippen LogP contribution in [0.2, 0.25) is 51.9 Å². The van der Waals surface area contributed by atoms with Crippen LogP contribution < -0.4 is 9.47 Å². The van der Waals surface area contributed by atoms with Crippen molar-refractivity contribution in [1.82, 2.24) is 10.2 Å². The second kappa shape index (κ2) is 21.6. The van der Waals surface area contributed by atoms with E-state index in [4.69, 9.17) is 29.3 Å². The first-order chi connectivity index (χ1) is 21.4. The van der Waals surface area contributed by atoms with E-state index in [1.54, 1.807) is 0 Å². The number of hydrogen-bond acceptors (Lipinski definition) is 6. The zero-order chi connectivity index (χ0) is 33.0. The molecule has 0 aliphatic rings. The minimum atomic E-state index is -2.01. The molecule has 0 aliphatic carbocycles. The second-order valence-corrected chi connectivity index (χ2v) is 27.4. The first kappa shape index (κ1) is 39.9. The van der Waals surface area contributed by atoms with Crippen LogP contribution in [0.15, 0.2) is 36.4 Å². The molecule has 0 fully saturated rings. The fourth-order valence-electron chi connectivity index (χ4n) is 5.73. The molecule has 0 amide bonds. The zero-order valence-electron chi connectivity index (χ0n) is 29.6. The van der Waals surface area contributed by atoms with Gasteiger partial charge >= 0.3 is 8.56 Å². The van der Waals surface area contributed by atoms with Crippen molar-refractivity contribution in [2.45, 2.75) is 142 Å². The Kier molecular flexibility index (Phi) is 19.2. The number of unbranched alkanes of at least 4 members (excludes halogenated alkanes) is 12. The Morgan fingerprint density at radius 2 is 1.09 bits per heavy atom. The largest absolute Gasteiger partial charge is 0.494 e. The van der Waals surface area contributed by atoms with Crippen LogP contribution in [0, 0.1) is 0 Å². The number of rotatable bonds is 26. The summed E-state index contributed by atoms with van der Waals surface area (Å²) in [4.78, 5) is 0. The van der Waals surface area contributed by atoms with Gasteiger partial charge in [0, 0.05) is 17.5 Å². The Hall–Kier alpha value is -1.24. The minimum Gasteiger partial charge on any atom is -0.494 e. The van der Waals surface area contributed by atoms with E-state index in [9.17, 15) is 0 Å². The average Bonchev–Trinajstić information content (AvgIpc) is 2.96. The van der Waals surface area contributed by atoms with Gasteiger partial charge in [-0.15, -0.1) is 21.8 Å². The zero-order valence-corrected chi connectivity index (χ0v) is 33.4. The average molecular weight is 696 g/mol. The molecule has 0 saturated carbocycles. The van der Waals surface area contributed by atoms with Crippen LogP contribution in [0.3, 0.4) is 0 Å². The van der Waals surface area contributed by atoms with E-state index in [1.165, 1.54) is 70.3 Å². The van der Waals surface area contributed by atoms with E-state index in [2.05, 4.69) is 56.0 Å². The lowest BCUT2D eigenvalue weighted by Gasteiger charge is -2.37. The van der Waals surface area contributed by atoms with E-state index in [0.29, 0.717) is 12.5 Å². The molecule has 2 rings (SSSR count). The van der Waals surface area contributed by atoms with E-state index in [1.807, 2.05) is 36.4 Å². The number of nitrogens with zero attached hydrogens (tertiary/aromatic N) is 2. The Morgan fingerprint density at radius 1 is 0.556 bits per heavy atom. The molecule has 0 aliphatic heterocycles. The van der Waals surface area contributed by atoms with Gasteiger partial charge in [-0.1, -0.05) is 70.6 Å². The van der Waals surface area contributed by atoms with Gasteiger partial charge < -0.3 is 17.7 Å². The molecule has 0 atom stereocenters. The summed E-state index contributed by atoms with van der Waals surface area (Å²) in [5.74, 6) is 2.24. The van der Waals surface area contributed by atoms with Crippen LogP contribution in [0.5, 0.6) is 11.6 Å². The molecule has 0 saturated heterocycles. The maximum Gasteiger partial charge on any atom is 0.311 e. The molecular weight excluding hydrogens is 632 g/mol. The van der Waals surface area contributed by atoms with Crippen LogP contribution in [0.1, 0.15) is 89.9 Å². The number of aromatic nitrogens is 2. The Morgan fingerprint density at radius 3 is 1.62 bits per heavy atom. The van der Waals surface area contributed by atoms with Gasteiger partial charge in [0.15, 0.2) is 16.6 Å². The lowest BCUT2D eigenvalue weighted by atomic mass is 10.1. The standard InChI is InChI=1S/C35H63ClN2O4Si3/c1-43(2,3)41-45(6,7)42-44(4,5)31-21-17-12-10-8-9-11-15-19-29-39-33-24-22-32(23-25-33)34-26-27-35(38-37-34)40-30-20-16-13-14-18-28-36/h22-27H,8-21,28-31H2,1-7H3. The summed E-state index contributed by atoms with van der Waals surface area (Å²) in [7, 11) is -5.22. The van der Waals surface area contributed by atoms with Crippen molar-refractivity contribution in [3.05, 3.63) is 36.4 Å². The summed E-state index contributed by atoms with van der Waals surface area (Å²) in [6, 6.07) is 13.2. The number of ether oxygens (including phenoxy) is 2. The molecule has 10 heteroatoms. The first-order valence-corrected chi connectivity index (χ1v) is 27.4. The molecule has 6 nitrogen and oxygen atoms in total. The van der Waals surface area contributed by atoms with Gasteiger partial charge in [0.05, 0.1) is 18.9 Å². The van der Waals surface area contributed by atoms with Crippen LogP contribution in [-0.4, -0.2) is 54.5 Å². The molecular formula is C35H63ClN2O4Si3. The lowest BCUT2D eigenvalue weighted by Crippen LogP contribution is -2.51. The van der Waals surface area contributed by atoms with Gasteiger partial charge in [-0.05, 0) is 101 Å². The summed E-state index contributed by atoms with van der Waals surface area (Å²) in [6.07, 6.45) is 17.3. The topological polar surface area (TPSA) is 62.7 Å². The minimum absolute atomic E-state index is 0.580. The van der Waals surface area contributed by atoms with Crippen molar-refractivity contribution >= 4 is 36.8 Å². The van der Waals surface area contributed by atoms with Crippen molar-refractivity contribution in [2.75, 3.05) is 19.1 Å². The normalized spacial score (nSPS) is 12.4. The van der Waals surface area contributed by atoms with Gasteiger partial charge in [0.25, 0.3) is 0 Å². The highest BCUT2D eigenvalue weighted by Crippen LogP contribution is 2.25. The number of benzene rings is 1. The van der Waals surface area contributed by atoms with E-state index in [0.717, 1.165) is 55.2 Å². The van der Waals surface area contributed by atoms with Crippen molar-refractivity contribution in [3.63, 3.8) is 0 Å². The van der Waals surface area contributed by atoms with Crippen LogP contribution in [0.25, 0.3) is 11.3 Å². The lowest BCUT2D eigenvalue weighted by molar-refractivity contribution is 0.290. The van der Waals surface area contributed by atoms with Gasteiger partial charge in [-0.25, -0.2) is 0 Å². The molecule has 2 aromatic rings. The summed E-state index contributed by atoms with van der Waals surface area (Å²) in [5, 5.41) is 8.58. The summed E-state index contributed by atoms with van der Waals surface area (Å²) >= 11 is 5.72. The molecule has 1 heterocycles. The molecule has 256 valence electrons. The van der Waals surface area contributed by atoms with Gasteiger partial charge in [0.1, 0.15) is 5.75 Å². The maximum atomic E-state index is 6.64. The van der Waals surface area contributed by atoms with Crippen molar-refractivity contribution in [3.8, 4) is 22.9 Å². The highest BCUT2D eigenvalue weighted by molar-refractivity contribution is 6.87. The Labute approximate surface area is 283 Å². The Bertz CT molecular complexity index is 1030. The van der Waals surface area contributed by atoms with E-state index >= 15 is 0 Å². The smallest absolute Gasteiger partial charge is 0.311 e. The highest BCUT2D eigenvalue weighted by atomic mass is 35.5. The summed E-state index contributed by atoms with van der Waals surface area (Å²) < 4.78 is 24.8. The summed E-state index contributed by atoms with van der Waals surface area (Å²) in [5.41, 5.74) is 1.86. The summed E-state index contributed by atoms with van der Waals surface area (Å²) in [6.45, 7) is 17.4. The molecule has 0 unspecified atom stereocenters. The molecule has 1 aromatic heterocycles. The van der Waals surface area contributed by atoms with E-state index in [-0.39, 0.29) is 0 Å². The quantitative estimate of drug-likeness (QED) is 0.0555.